The van der Waals surface area contributed by atoms with E-state index < -0.39 is 0 Å². The average molecular weight is 489 g/mol. The molecule has 154 valence electrons. The molecule has 8 heteroatoms. The van der Waals surface area contributed by atoms with Crippen LogP contribution in [0.3, 0.4) is 0 Å². The number of nitrogens with zero attached hydrogens (tertiary/aromatic N) is 5. The van der Waals surface area contributed by atoms with Crippen LogP contribution in [0, 0.1) is 5.92 Å². The minimum Gasteiger partial charge on any atom is -0.357 e. The molecule has 3 rings (SSSR count). The molecule has 0 spiro atoms. The van der Waals surface area contributed by atoms with Gasteiger partial charge in [0.15, 0.2) is 5.96 Å². The second-order valence-corrected chi connectivity index (χ2v) is 7.53. The summed E-state index contributed by atoms with van der Waals surface area (Å²) >= 11 is 0. The van der Waals surface area contributed by atoms with Crippen LogP contribution < -0.4 is 5.32 Å². The van der Waals surface area contributed by atoms with Crippen LogP contribution >= 0.6 is 24.0 Å². The molecule has 2 saturated heterocycles. The first-order valence-electron chi connectivity index (χ1n) is 10.4. The molecule has 0 bridgehead atoms. The van der Waals surface area contributed by atoms with Gasteiger partial charge in [-0.05, 0) is 64.6 Å². The molecule has 2 aliphatic rings. The molecular formula is C19H36IN7. The van der Waals surface area contributed by atoms with Crippen LogP contribution in [0.5, 0.6) is 0 Å². The van der Waals surface area contributed by atoms with E-state index in [1.54, 1.807) is 6.33 Å². The zero-order valence-electron chi connectivity index (χ0n) is 16.9. The Hall–Kier alpha value is -0.900. The monoisotopic (exact) mass is 489 g/mol. The van der Waals surface area contributed by atoms with Crippen LogP contribution in [0.1, 0.15) is 57.7 Å². The Bertz CT molecular complexity index is 532. The maximum Gasteiger partial charge on any atom is 0.193 e. The molecule has 0 aliphatic carbocycles. The van der Waals surface area contributed by atoms with E-state index in [1.807, 2.05) is 0 Å². The molecule has 2 fully saturated rings. The zero-order valence-corrected chi connectivity index (χ0v) is 19.2. The van der Waals surface area contributed by atoms with Crippen molar-refractivity contribution in [2.45, 2.75) is 51.9 Å². The third kappa shape index (κ3) is 6.58. The number of likely N-dealkylation sites (tertiary alicyclic amines) is 2. The normalized spacial score (nSPS) is 20.5. The fraction of sp³-hybridized carbons (Fsp3) is 0.842. The largest absolute Gasteiger partial charge is 0.357 e. The Morgan fingerprint density at radius 3 is 2.52 bits per heavy atom. The highest BCUT2D eigenvalue weighted by Crippen LogP contribution is 2.25. The third-order valence-corrected chi connectivity index (χ3v) is 5.90. The summed E-state index contributed by atoms with van der Waals surface area (Å²) in [5.74, 6) is 3.47. The smallest absolute Gasteiger partial charge is 0.193 e. The molecule has 0 atom stereocenters. The van der Waals surface area contributed by atoms with E-state index in [2.05, 4.69) is 44.1 Å². The van der Waals surface area contributed by atoms with Crippen molar-refractivity contribution in [1.29, 1.82) is 0 Å². The number of hydrogen-bond donors (Lipinski definition) is 2. The summed E-state index contributed by atoms with van der Waals surface area (Å²) in [5, 5.41) is 10.5. The molecule has 0 amide bonds. The summed E-state index contributed by atoms with van der Waals surface area (Å²) < 4.78 is 0. The minimum absolute atomic E-state index is 0. The fourth-order valence-electron chi connectivity index (χ4n) is 4.15. The molecule has 7 nitrogen and oxygen atoms in total. The molecule has 1 aromatic rings. The maximum atomic E-state index is 4.94. The lowest BCUT2D eigenvalue weighted by Crippen LogP contribution is -2.45. The molecule has 0 aromatic carbocycles. The van der Waals surface area contributed by atoms with Crippen LogP contribution in [0.25, 0.3) is 0 Å². The van der Waals surface area contributed by atoms with Crippen molar-refractivity contribution in [3.8, 4) is 0 Å². The van der Waals surface area contributed by atoms with Crippen LogP contribution in [0.15, 0.2) is 11.3 Å². The van der Waals surface area contributed by atoms with E-state index in [9.17, 15) is 0 Å². The summed E-state index contributed by atoms with van der Waals surface area (Å²) in [6.45, 7) is 12.1. The van der Waals surface area contributed by atoms with Gasteiger partial charge in [-0.25, -0.2) is 4.98 Å². The van der Waals surface area contributed by atoms with Gasteiger partial charge in [0.05, 0.1) is 0 Å². The van der Waals surface area contributed by atoms with E-state index in [4.69, 9.17) is 4.99 Å². The number of halogens is 1. The number of aromatic nitrogens is 3. The van der Waals surface area contributed by atoms with Gasteiger partial charge in [0.25, 0.3) is 0 Å². The van der Waals surface area contributed by atoms with Gasteiger partial charge in [0, 0.05) is 32.1 Å². The molecule has 1 aromatic heterocycles. The van der Waals surface area contributed by atoms with E-state index in [0.717, 1.165) is 56.7 Å². The Balaban J connectivity index is 0.00000261. The lowest BCUT2D eigenvalue weighted by molar-refractivity contribution is 0.188. The molecule has 0 unspecified atom stereocenters. The van der Waals surface area contributed by atoms with Crippen molar-refractivity contribution < 1.29 is 0 Å². The Labute approximate surface area is 180 Å². The lowest BCUT2D eigenvalue weighted by Gasteiger charge is -2.34. The second-order valence-electron chi connectivity index (χ2n) is 7.53. The molecule has 0 saturated carbocycles. The van der Waals surface area contributed by atoms with E-state index in [-0.39, 0.29) is 24.0 Å². The first-order chi connectivity index (χ1) is 12.8. The third-order valence-electron chi connectivity index (χ3n) is 5.90. The Kier molecular flexibility index (Phi) is 9.81. The van der Waals surface area contributed by atoms with Gasteiger partial charge < -0.3 is 15.1 Å². The van der Waals surface area contributed by atoms with Gasteiger partial charge in [-0.15, -0.1) is 24.0 Å². The number of H-pyrrole nitrogens is 1. The molecule has 2 aliphatic heterocycles. The summed E-state index contributed by atoms with van der Waals surface area (Å²) in [6.07, 6.45) is 7.72. The molecule has 27 heavy (non-hydrogen) atoms. The number of aliphatic imine (C=N–C) groups is 1. The van der Waals surface area contributed by atoms with E-state index in [1.165, 1.54) is 38.9 Å². The van der Waals surface area contributed by atoms with E-state index in [0.29, 0.717) is 5.92 Å². The number of piperidine rings is 2. The maximum absolute atomic E-state index is 4.94. The zero-order chi connectivity index (χ0) is 18.2. The van der Waals surface area contributed by atoms with Crippen molar-refractivity contribution in [3.05, 3.63) is 12.2 Å². The first kappa shape index (κ1) is 22.4. The van der Waals surface area contributed by atoms with Gasteiger partial charge in [-0.3, -0.25) is 10.1 Å². The standard InChI is InChI=1S/C19H35N7.HI/c1-3-20-19(21-10-5-16-6-11-25(4-2)12-7-16)26-13-8-17(9-14-26)18-22-15-23-24-18;/h15-17H,3-14H2,1-2H3,(H,20,21)(H,22,23,24);1H. The summed E-state index contributed by atoms with van der Waals surface area (Å²) in [6, 6.07) is 0. The predicted octanol–water partition coefficient (Wildman–Crippen LogP) is 2.69. The summed E-state index contributed by atoms with van der Waals surface area (Å²) in [4.78, 5) is 14.2. The van der Waals surface area contributed by atoms with Gasteiger partial charge in [0.1, 0.15) is 12.2 Å². The minimum atomic E-state index is 0. The van der Waals surface area contributed by atoms with E-state index >= 15 is 0 Å². The Morgan fingerprint density at radius 2 is 1.93 bits per heavy atom. The lowest BCUT2D eigenvalue weighted by atomic mass is 9.94. The number of guanidine groups is 1. The number of rotatable bonds is 6. The van der Waals surface area contributed by atoms with Gasteiger partial charge >= 0.3 is 0 Å². The van der Waals surface area contributed by atoms with Gasteiger partial charge in [-0.2, -0.15) is 5.10 Å². The highest BCUT2D eigenvalue weighted by Gasteiger charge is 2.24. The topological polar surface area (TPSA) is 72.4 Å². The van der Waals surface area contributed by atoms with Crippen LogP contribution in [-0.2, 0) is 0 Å². The summed E-state index contributed by atoms with van der Waals surface area (Å²) in [7, 11) is 0. The van der Waals surface area contributed by atoms with Crippen molar-refractivity contribution in [2.24, 2.45) is 10.9 Å². The number of nitrogens with one attached hydrogen (secondary N) is 2. The number of aromatic amines is 1. The molecule has 0 radical (unpaired) electrons. The van der Waals surface area contributed by atoms with Crippen molar-refractivity contribution in [1.82, 2.24) is 30.3 Å². The average Bonchev–Trinajstić information content (AvgIpc) is 3.23. The van der Waals surface area contributed by atoms with Crippen molar-refractivity contribution in [2.75, 3.05) is 45.8 Å². The Morgan fingerprint density at radius 1 is 1.19 bits per heavy atom. The molecule has 2 N–H and O–H groups in total. The predicted molar refractivity (Wildman–Crippen MR) is 121 cm³/mol. The number of hydrogen-bond acceptors (Lipinski definition) is 4. The fourth-order valence-corrected chi connectivity index (χ4v) is 4.15. The first-order valence-corrected chi connectivity index (χ1v) is 10.4. The van der Waals surface area contributed by atoms with Gasteiger partial charge in [0.2, 0.25) is 0 Å². The molecular weight excluding hydrogens is 453 g/mol. The SMILES string of the molecule is CCNC(=NCCC1CCN(CC)CC1)N1CCC(c2ncn[nH]2)CC1.I. The second kappa shape index (κ2) is 11.8. The van der Waals surface area contributed by atoms with Crippen molar-refractivity contribution in [3.63, 3.8) is 0 Å². The highest BCUT2D eigenvalue weighted by atomic mass is 127. The van der Waals surface area contributed by atoms with Crippen LogP contribution in [-0.4, -0.2) is 76.8 Å². The van der Waals surface area contributed by atoms with Crippen LogP contribution in [0.2, 0.25) is 0 Å². The van der Waals surface area contributed by atoms with Gasteiger partial charge in [-0.1, -0.05) is 6.92 Å². The molecule has 3 heterocycles. The summed E-state index contributed by atoms with van der Waals surface area (Å²) in [5.41, 5.74) is 0. The van der Waals surface area contributed by atoms with Crippen molar-refractivity contribution >= 4 is 29.9 Å². The highest BCUT2D eigenvalue weighted by molar-refractivity contribution is 14.0. The quantitative estimate of drug-likeness (QED) is 0.365. The van der Waals surface area contributed by atoms with Crippen LogP contribution in [0.4, 0.5) is 0 Å².